The van der Waals surface area contributed by atoms with E-state index in [4.69, 9.17) is 4.74 Å². The molecule has 1 aliphatic heterocycles. The quantitative estimate of drug-likeness (QED) is 0.770. The molecule has 6 nitrogen and oxygen atoms in total. The van der Waals surface area contributed by atoms with Crippen molar-refractivity contribution in [3.8, 4) is 0 Å². The minimum absolute atomic E-state index is 0.125. The molecular formula is C17H23F2NO5. The zero-order chi connectivity index (χ0) is 19.0. The van der Waals surface area contributed by atoms with Gasteiger partial charge in [0.05, 0.1) is 19.3 Å². The number of carbonyl (C=O) groups is 1. The van der Waals surface area contributed by atoms with E-state index in [0.29, 0.717) is 0 Å². The van der Waals surface area contributed by atoms with Gasteiger partial charge in [0, 0.05) is 17.5 Å². The van der Waals surface area contributed by atoms with Crippen LogP contribution in [0.3, 0.4) is 0 Å². The zero-order valence-electron chi connectivity index (χ0n) is 14.4. The van der Waals surface area contributed by atoms with Gasteiger partial charge in [-0.1, -0.05) is 0 Å². The summed E-state index contributed by atoms with van der Waals surface area (Å²) in [5, 5.41) is 29.4. The number of hydrogen-bond donors (Lipinski definition) is 3. The standard InChI is InChI=1S/C17H23F2NO5/c1-16(2,3)20(15(22)23)13-7-17(24,8-21)9-25-14(13)11-6-10(18)4-5-12(11)19/h4-6,13-14,21,24H,7-9H2,1-3H3,(H,22,23). The molecule has 0 aliphatic carbocycles. The number of ether oxygens (including phenoxy) is 1. The third-order valence-corrected chi connectivity index (χ3v) is 4.29. The molecule has 1 fully saturated rings. The SMILES string of the molecule is CC(C)(C)N(C(=O)O)C1CC(O)(CO)COC1c1cc(F)ccc1F. The largest absolute Gasteiger partial charge is 0.465 e. The van der Waals surface area contributed by atoms with E-state index >= 15 is 0 Å². The smallest absolute Gasteiger partial charge is 0.408 e. The molecule has 3 atom stereocenters. The number of aliphatic hydroxyl groups excluding tert-OH is 1. The lowest BCUT2D eigenvalue weighted by Crippen LogP contribution is -2.60. The maximum Gasteiger partial charge on any atom is 0.408 e. The minimum Gasteiger partial charge on any atom is -0.465 e. The van der Waals surface area contributed by atoms with Crippen LogP contribution in [0, 0.1) is 11.6 Å². The van der Waals surface area contributed by atoms with Crippen LogP contribution in [0.1, 0.15) is 38.9 Å². The Kier molecular flexibility index (Phi) is 5.36. The Hall–Kier alpha value is -1.77. The summed E-state index contributed by atoms with van der Waals surface area (Å²) >= 11 is 0. The van der Waals surface area contributed by atoms with Gasteiger partial charge in [0.25, 0.3) is 0 Å². The van der Waals surface area contributed by atoms with Crippen molar-refractivity contribution < 1.29 is 33.6 Å². The predicted octanol–water partition coefficient (Wildman–Crippen LogP) is 2.30. The fraction of sp³-hybridized carbons (Fsp3) is 0.588. The second-order valence-electron chi connectivity index (χ2n) is 7.37. The fourth-order valence-corrected chi connectivity index (χ4v) is 3.20. The van der Waals surface area contributed by atoms with Gasteiger partial charge in [0.15, 0.2) is 0 Å². The Labute approximate surface area is 144 Å². The van der Waals surface area contributed by atoms with E-state index in [-0.39, 0.29) is 18.6 Å². The van der Waals surface area contributed by atoms with Gasteiger partial charge in [0.2, 0.25) is 0 Å². The van der Waals surface area contributed by atoms with E-state index in [9.17, 15) is 28.9 Å². The highest BCUT2D eigenvalue weighted by Gasteiger charge is 2.48. The van der Waals surface area contributed by atoms with Crippen LogP contribution >= 0.6 is 0 Å². The number of halogens is 2. The molecule has 2 rings (SSSR count). The Bertz CT molecular complexity index is 648. The second kappa shape index (κ2) is 6.86. The summed E-state index contributed by atoms with van der Waals surface area (Å²) in [7, 11) is 0. The molecule has 0 radical (unpaired) electrons. The van der Waals surface area contributed by atoms with Crippen LogP contribution in [-0.2, 0) is 4.74 Å². The van der Waals surface area contributed by atoms with Crippen LogP contribution in [0.2, 0.25) is 0 Å². The highest BCUT2D eigenvalue weighted by atomic mass is 19.1. The summed E-state index contributed by atoms with van der Waals surface area (Å²) in [6, 6.07) is 1.85. The number of amides is 1. The van der Waals surface area contributed by atoms with E-state index in [1.165, 1.54) is 0 Å². The maximum absolute atomic E-state index is 14.2. The normalized spacial score (nSPS) is 27.2. The lowest BCUT2D eigenvalue weighted by Gasteiger charge is -2.48. The highest BCUT2D eigenvalue weighted by Crippen LogP contribution is 2.39. The Morgan fingerprint density at radius 1 is 1.40 bits per heavy atom. The third-order valence-electron chi connectivity index (χ3n) is 4.29. The van der Waals surface area contributed by atoms with E-state index in [1.54, 1.807) is 20.8 Å². The highest BCUT2D eigenvalue weighted by molar-refractivity contribution is 5.66. The van der Waals surface area contributed by atoms with E-state index in [0.717, 1.165) is 23.1 Å². The lowest BCUT2D eigenvalue weighted by atomic mass is 9.84. The number of carboxylic acid groups (broad SMARTS) is 1. The summed E-state index contributed by atoms with van der Waals surface area (Å²) < 4.78 is 33.4. The van der Waals surface area contributed by atoms with Gasteiger partial charge < -0.3 is 20.1 Å². The minimum atomic E-state index is -1.66. The first-order valence-electron chi connectivity index (χ1n) is 7.90. The number of benzene rings is 1. The zero-order valence-corrected chi connectivity index (χ0v) is 14.4. The summed E-state index contributed by atoms with van der Waals surface area (Å²) in [4.78, 5) is 12.9. The molecule has 1 aliphatic rings. The summed E-state index contributed by atoms with van der Waals surface area (Å²) in [6.07, 6.45) is -2.57. The first-order chi connectivity index (χ1) is 11.5. The molecule has 1 aromatic carbocycles. The van der Waals surface area contributed by atoms with Crippen molar-refractivity contribution in [2.45, 2.75) is 50.5 Å². The Morgan fingerprint density at radius 2 is 2.04 bits per heavy atom. The molecule has 0 spiro atoms. The molecule has 3 N–H and O–H groups in total. The average molecular weight is 359 g/mol. The summed E-state index contributed by atoms with van der Waals surface area (Å²) in [5.74, 6) is -1.41. The van der Waals surface area contributed by atoms with Crippen molar-refractivity contribution in [1.29, 1.82) is 0 Å². The predicted molar refractivity (Wildman–Crippen MR) is 85.1 cm³/mol. The van der Waals surface area contributed by atoms with E-state index < -0.39 is 47.6 Å². The first kappa shape index (κ1) is 19.6. The Morgan fingerprint density at radius 3 is 2.56 bits per heavy atom. The summed E-state index contributed by atoms with van der Waals surface area (Å²) in [6.45, 7) is 3.98. The van der Waals surface area contributed by atoms with Crippen molar-refractivity contribution in [3.63, 3.8) is 0 Å². The van der Waals surface area contributed by atoms with Crippen LogP contribution in [0.4, 0.5) is 13.6 Å². The van der Waals surface area contributed by atoms with Gasteiger partial charge in [-0.25, -0.2) is 13.6 Å². The molecule has 1 amide bonds. The maximum atomic E-state index is 14.2. The topological polar surface area (TPSA) is 90.2 Å². The number of aliphatic hydroxyl groups is 2. The fourth-order valence-electron chi connectivity index (χ4n) is 3.20. The number of rotatable bonds is 3. The second-order valence-corrected chi connectivity index (χ2v) is 7.37. The molecule has 0 saturated carbocycles. The molecule has 25 heavy (non-hydrogen) atoms. The Balaban J connectivity index is 2.53. The van der Waals surface area contributed by atoms with Gasteiger partial charge in [-0.05, 0) is 39.0 Å². The third kappa shape index (κ3) is 4.08. The summed E-state index contributed by atoms with van der Waals surface area (Å²) in [5.41, 5.74) is -2.68. The molecule has 1 aromatic rings. The van der Waals surface area contributed by atoms with Crippen molar-refractivity contribution in [3.05, 3.63) is 35.4 Å². The van der Waals surface area contributed by atoms with Crippen molar-refractivity contribution >= 4 is 6.09 Å². The van der Waals surface area contributed by atoms with Crippen LogP contribution in [-0.4, -0.2) is 56.7 Å². The molecule has 3 unspecified atom stereocenters. The monoisotopic (exact) mass is 359 g/mol. The number of nitrogens with zero attached hydrogens (tertiary/aromatic N) is 1. The van der Waals surface area contributed by atoms with E-state index in [2.05, 4.69) is 0 Å². The van der Waals surface area contributed by atoms with Crippen molar-refractivity contribution in [2.75, 3.05) is 13.2 Å². The van der Waals surface area contributed by atoms with Crippen LogP contribution in [0.5, 0.6) is 0 Å². The molecule has 140 valence electrons. The van der Waals surface area contributed by atoms with Crippen LogP contribution < -0.4 is 0 Å². The average Bonchev–Trinajstić information content (AvgIpc) is 2.48. The van der Waals surface area contributed by atoms with Crippen LogP contribution in [0.15, 0.2) is 18.2 Å². The molecular weight excluding hydrogens is 336 g/mol. The van der Waals surface area contributed by atoms with Crippen LogP contribution in [0.25, 0.3) is 0 Å². The van der Waals surface area contributed by atoms with Gasteiger partial charge in [-0.3, -0.25) is 4.90 Å². The van der Waals surface area contributed by atoms with E-state index in [1.807, 2.05) is 0 Å². The molecule has 8 heteroatoms. The molecule has 1 saturated heterocycles. The lowest BCUT2D eigenvalue weighted by molar-refractivity contribution is -0.175. The molecule has 0 aromatic heterocycles. The van der Waals surface area contributed by atoms with Gasteiger partial charge in [-0.2, -0.15) is 0 Å². The van der Waals surface area contributed by atoms with Gasteiger partial charge >= 0.3 is 6.09 Å². The first-order valence-corrected chi connectivity index (χ1v) is 7.90. The van der Waals surface area contributed by atoms with Gasteiger partial charge in [0.1, 0.15) is 23.3 Å². The van der Waals surface area contributed by atoms with Crippen molar-refractivity contribution in [1.82, 2.24) is 4.90 Å². The molecule has 0 bridgehead atoms. The number of hydrogen-bond acceptors (Lipinski definition) is 4. The van der Waals surface area contributed by atoms with Crippen molar-refractivity contribution in [2.24, 2.45) is 0 Å². The molecule has 1 heterocycles. The van der Waals surface area contributed by atoms with Gasteiger partial charge in [-0.15, -0.1) is 0 Å².